The monoisotopic (exact) mass is 522 g/mol. The van der Waals surface area contributed by atoms with Crippen molar-refractivity contribution in [3.8, 4) is 0 Å². The Labute approximate surface area is 220 Å². The van der Waals surface area contributed by atoms with Crippen molar-refractivity contribution in [2.24, 2.45) is 11.8 Å². The van der Waals surface area contributed by atoms with E-state index in [4.69, 9.17) is 27.9 Å². The van der Waals surface area contributed by atoms with E-state index < -0.39 is 0 Å². The number of halogens is 2. The molecule has 2 saturated heterocycles. The lowest BCUT2D eigenvalue weighted by Crippen LogP contribution is -2.40. The Morgan fingerprint density at radius 2 is 1.88 bits per heavy atom. The molecule has 0 saturated carbocycles. The highest BCUT2D eigenvalue weighted by Crippen LogP contribution is 2.37. The van der Waals surface area contributed by atoms with Crippen LogP contribution in [0.5, 0.6) is 0 Å². The summed E-state index contributed by atoms with van der Waals surface area (Å²) in [7, 11) is 0. The standard InChI is InChI=1S/C28H40Cl2N2OS/c1-4-12-33-28(2,3)15-21-7-10-31(11-8-21)17-24-18-32(19-26(24)23-9-13-34-20-23)16-22-5-6-25(29)14-27(22)30/h5-6,9,13-14,20-21,24,26H,4,7-8,10-12,15-19H2,1-3H3/t24-,26+/m0/s1. The van der Waals surface area contributed by atoms with E-state index in [2.05, 4.69) is 53.5 Å². The average Bonchev–Trinajstić information content (AvgIpc) is 3.45. The fourth-order valence-corrected chi connectivity index (χ4v) is 7.06. The fourth-order valence-electron chi connectivity index (χ4n) is 5.87. The molecule has 2 atom stereocenters. The van der Waals surface area contributed by atoms with E-state index in [1.807, 2.05) is 23.5 Å². The Kier molecular flexibility index (Phi) is 9.39. The molecular formula is C28H40Cl2N2OS. The summed E-state index contributed by atoms with van der Waals surface area (Å²) in [6, 6.07) is 8.21. The number of nitrogens with zero attached hydrogens (tertiary/aromatic N) is 2. The van der Waals surface area contributed by atoms with Gasteiger partial charge in [0, 0.05) is 48.7 Å². The molecule has 188 valence electrons. The lowest BCUT2D eigenvalue weighted by Gasteiger charge is -2.37. The van der Waals surface area contributed by atoms with Crippen molar-refractivity contribution in [3.05, 3.63) is 56.2 Å². The number of hydrogen-bond donors (Lipinski definition) is 0. The van der Waals surface area contributed by atoms with Gasteiger partial charge < -0.3 is 9.64 Å². The van der Waals surface area contributed by atoms with Crippen molar-refractivity contribution >= 4 is 34.5 Å². The average molecular weight is 524 g/mol. The second-order valence-corrected chi connectivity index (χ2v) is 12.5. The van der Waals surface area contributed by atoms with Gasteiger partial charge in [-0.1, -0.05) is 36.2 Å². The van der Waals surface area contributed by atoms with Crippen LogP contribution in [-0.4, -0.2) is 54.7 Å². The zero-order chi connectivity index (χ0) is 24.1. The first-order chi connectivity index (χ1) is 16.3. The molecule has 0 radical (unpaired) electrons. The molecule has 0 spiro atoms. The second-order valence-electron chi connectivity index (χ2n) is 10.9. The number of benzene rings is 1. The summed E-state index contributed by atoms with van der Waals surface area (Å²) >= 11 is 14.4. The predicted molar refractivity (Wildman–Crippen MR) is 146 cm³/mol. The van der Waals surface area contributed by atoms with Crippen LogP contribution < -0.4 is 0 Å². The van der Waals surface area contributed by atoms with Gasteiger partial charge >= 0.3 is 0 Å². The molecule has 6 heteroatoms. The Bertz CT molecular complexity index is 896. The van der Waals surface area contributed by atoms with Gasteiger partial charge in [0.25, 0.3) is 0 Å². The van der Waals surface area contributed by atoms with Gasteiger partial charge in [-0.2, -0.15) is 11.3 Å². The minimum atomic E-state index is 0.00177. The van der Waals surface area contributed by atoms with Crippen LogP contribution in [0, 0.1) is 11.8 Å². The van der Waals surface area contributed by atoms with Gasteiger partial charge in [-0.3, -0.25) is 4.90 Å². The molecule has 3 heterocycles. The molecule has 1 aromatic carbocycles. The molecule has 0 unspecified atom stereocenters. The van der Waals surface area contributed by atoms with E-state index in [0.717, 1.165) is 43.6 Å². The molecular weight excluding hydrogens is 483 g/mol. The summed E-state index contributed by atoms with van der Waals surface area (Å²) in [6.07, 6.45) is 4.85. The summed E-state index contributed by atoms with van der Waals surface area (Å²) in [5.41, 5.74) is 2.68. The van der Waals surface area contributed by atoms with Crippen molar-refractivity contribution in [3.63, 3.8) is 0 Å². The second kappa shape index (κ2) is 12.1. The van der Waals surface area contributed by atoms with Crippen molar-refractivity contribution in [2.75, 3.05) is 39.3 Å². The van der Waals surface area contributed by atoms with Crippen LogP contribution in [0.15, 0.2) is 35.0 Å². The Hall–Kier alpha value is -0.620. The molecule has 34 heavy (non-hydrogen) atoms. The van der Waals surface area contributed by atoms with Gasteiger partial charge in [0.05, 0.1) is 5.60 Å². The van der Waals surface area contributed by atoms with Crippen molar-refractivity contribution in [1.82, 2.24) is 9.80 Å². The third-order valence-corrected chi connectivity index (χ3v) is 8.86. The first kappa shape index (κ1) is 26.4. The maximum Gasteiger partial charge on any atom is 0.0629 e. The molecule has 0 N–H and O–H groups in total. The molecule has 2 fully saturated rings. The van der Waals surface area contributed by atoms with Crippen LogP contribution in [0.4, 0.5) is 0 Å². The van der Waals surface area contributed by atoms with E-state index in [9.17, 15) is 0 Å². The molecule has 0 aliphatic carbocycles. The highest BCUT2D eigenvalue weighted by atomic mass is 35.5. The highest BCUT2D eigenvalue weighted by Gasteiger charge is 2.36. The summed E-state index contributed by atoms with van der Waals surface area (Å²) in [5.74, 6) is 2.03. The van der Waals surface area contributed by atoms with Gasteiger partial charge in [-0.15, -0.1) is 0 Å². The molecule has 3 nitrogen and oxygen atoms in total. The van der Waals surface area contributed by atoms with Crippen molar-refractivity contribution < 1.29 is 4.74 Å². The van der Waals surface area contributed by atoms with Crippen LogP contribution in [0.2, 0.25) is 10.0 Å². The SMILES string of the molecule is CCCOC(C)(C)CC1CCN(C[C@H]2CN(Cc3ccc(Cl)cc3Cl)C[C@@H]2c2ccsc2)CC1. The van der Waals surface area contributed by atoms with Crippen molar-refractivity contribution in [1.29, 1.82) is 0 Å². The number of likely N-dealkylation sites (tertiary alicyclic amines) is 2. The van der Waals surface area contributed by atoms with Crippen LogP contribution in [0.3, 0.4) is 0 Å². The van der Waals surface area contributed by atoms with Gasteiger partial charge in [-0.05, 0) is 105 Å². The van der Waals surface area contributed by atoms with E-state index >= 15 is 0 Å². The van der Waals surface area contributed by atoms with Gasteiger partial charge in [0.1, 0.15) is 0 Å². The first-order valence-electron chi connectivity index (χ1n) is 12.9. The smallest absolute Gasteiger partial charge is 0.0629 e. The van der Waals surface area contributed by atoms with Crippen LogP contribution in [0.1, 0.15) is 63.5 Å². The zero-order valence-corrected chi connectivity index (χ0v) is 23.3. The molecule has 2 aliphatic rings. The van der Waals surface area contributed by atoms with Crippen LogP contribution >= 0.6 is 34.5 Å². The van der Waals surface area contributed by atoms with Gasteiger partial charge in [-0.25, -0.2) is 0 Å². The maximum absolute atomic E-state index is 6.50. The molecule has 2 aliphatic heterocycles. The van der Waals surface area contributed by atoms with Gasteiger partial charge in [0.2, 0.25) is 0 Å². The molecule has 4 rings (SSSR count). The predicted octanol–water partition coefficient (Wildman–Crippen LogP) is 7.58. The first-order valence-corrected chi connectivity index (χ1v) is 14.6. The number of ether oxygens (including phenoxy) is 1. The summed E-state index contributed by atoms with van der Waals surface area (Å²) < 4.78 is 6.11. The van der Waals surface area contributed by atoms with Crippen molar-refractivity contribution in [2.45, 2.75) is 64.5 Å². The van der Waals surface area contributed by atoms with E-state index in [0.29, 0.717) is 16.9 Å². The van der Waals surface area contributed by atoms with E-state index in [-0.39, 0.29) is 5.60 Å². The Morgan fingerprint density at radius 1 is 1.09 bits per heavy atom. The summed E-state index contributed by atoms with van der Waals surface area (Å²) in [6.45, 7) is 14.3. The third-order valence-electron chi connectivity index (χ3n) is 7.57. The van der Waals surface area contributed by atoms with Crippen LogP contribution in [0.25, 0.3) is 0 Å². The minimum absolute atomic E-state index is 0.00177. The molecule has 0 bridgehead atoms. The summed E-state index contributed by atoms with van der Waals surface area (Å²) in [5, 5.41) is 6.05. The largest absolute Gasteiger partial charge is 0.376 e. The van der Waals surface area contributed by atoms with E-state index in [1.54, 1.807) is 0 Å². The van der Waals surface area contributed by atoms with Crippen LogP contribution in [-0.2, 0) is 11.3 Å². The molecule has 2 aromatic rings. The summed E-state index contributed by atoms with van der Waals surface area (Å²) in [4.78, 5) is 5.31. The highest BCUT2D eigenvalue weighted by molar-refractivity contribution is 7.08. The quantitative estimate of drug-likeness (QED) is 0.319. The van der Waals surface area contributed by atoms with Gasteiger partial charge in [0.15, 0.2) is 0 Å². The maximum atomic E-state index is 6.50. The fraction of sp³-hybridized carbons (Fsp3) is 0.643. The lowest BCUT2D eigenvalue weighted by molar-refractivity contribution is -0.0397. The topological polar surface area (TPSA) is 15.7 Å². The Morgan fingerprint density at radius 3 is 2.56 bits per heavy atom. The normalized spacial score (nSPS) is 23.1. The number of hydrogen-bond acceptors (Lipinski definition) is 4. The number of piperidine rings is 1. The zero-order valence-electron chi connectivity index (χ0n) is 20.9. The van der Waals surface area contributed by atoms with E-state index in [1.165, 1.54) is 50.0 Å². The molecule has 0 amide bonds. The number of thiophene rings is 1. The number of rotatable bonds is 10. The lowest BCUT2D eigenvalue weighted by atomic mass is 9.85. The Balaban J connectivity index is 1.34. The molecule has 1 aromatic heterocycles. The minimum Gasteiger partial charge on any atom is -0.376 e. The third kappa shape index (κ3) is 7.21.